The Hall–Kier alpha value is -1.81. The number of benzene rings is 1. The Bertz CT molecular complexity index is 579. The smallest absolute Gasteiger partial charge is 0.122 e. The average molecular weight is 271 g/mol. The van der Waals surface area contributed by atoms with Crippen molar-refractivity contribution < 1.29 is 4.74 Å². The average Bonchev–Trinajstić information content (AvgIpc) is 2.91. The molecule has 4 nitrogen and oxygen atoms in total. The summed E-state index contributed by atoms with van der Waals surface area (Å²) in [7, 11) is 4.01. The molecular weight excluding hydrogens is 250 g/mol. The lowest BCUT2D eigenvalue weighted by molar-refractivity contribution is 0.255. The molecule has 20 heavy (non-hydrogen) atoms. The molecule has 3 rings (SSSR count). The highest BCUT2D eigenvalue weighted by Crippen LogP contribution is 2.38. The van der Waals surface area contributed by atoms with Crippen molar-refractivity contribution in [2.75, 3.05) is 13.7 Å². The van der Waals surface area contributed by atoms with Gasteiger partial charge in [-0.25, -0.2) is 0 Å². The molecule has 2 aromatic rings. The molecule has 0 bridgehead atoms. The molecule has 2 unspecified atom stereocenters. The van der Waals surface area contributed by atoms with Crippen molar-refractivity contribution in [3.63, 3.8) is 0 Å². The predicted octanol–water partition coefficient (Wildman–Crippen LogP) is 2.64. The van der Waals surface area contributed by atoms with Crippen molar-refractivity contribution >= 4 is 0 Å². The van der Waals surface area contributed by atoms with Crippen LogP contribution in [-0.4, -0.2) is 23.4 Å². The summed E-state index contributed by atoms with van der Waals surface area (Å²) >= 11 is 0. The molecule has 1 aromatic carbocycles. The van der Waals surface area contributed by atoms with Crippen LogP contribution in [-0.2, 0) is 7.05 Å². The third kappa shape index (κ3) is 2.43. The summed E-state index contributed by atoms with van der Waals surface area (Å²) in [5.74, 6) is 1.58. The van der Waals surface area contributed by atoms with Crippen LogP contribution in [0.5, 0.6) is 5.75 Å². The van der Waals surface area contributed by atoms with Crippen molar-refractivity contribution in [2.45, 2.75) is 24.8 Å². The minimum Gasteiger partial charge on any atom is -0.493 e. The van der Waals surface area contributed by atoms with Gasteiger partial charge in [0, 0.05) is 19.3 Å². The number of rotatable bonds is 4. The first-order valence-corrected chi connectivity index (χ1v) is 7.16. The number of aromatic nitrogens is 2. The lowest BCUT2D eigenvalue weighted by Gasteiger charge is -2.29. The quantitative estimate of drug-likeness (QED) is 0.929. The maximum absolute atomic E-state index is 5.75. The van der Waals surface area contributed by atoms with E-state index in [4.69, 9.17) is 4.74 Å². The van der Waals surface area contributed by atoms with E-state index in [2.05, 4.69) is 34.7 Å². The van der Waals surface area contributed by atoms with Gasteiger partial charge >= 0.3 is 0 Å². The van der Waals surface area contributed by atoms with Gasteiger partial charge in [-0.1, -0.05) is 18.2 Å². The zero-order valence-electron chi connectivity index (χ0n) is 12.0. The highest BCUT2D eigenvalue weighted by atomic mass is 16.5. The first-order valence-electron chi connectivity index (χ1n) is 7.16. The number of para-hydroxylation sites is 1. The lowest BCUT2D eigenvalue weighted by Crippen LogP contribution is -2.24. The van der Waals surface area contributed by atoms with Crippen molar-refractivity contribution in [1.29, 1.82) is 0 Å². The SMILES string of the molecule is CNC(CC1CCOc2ccccc21)c1ccnn1C. The Morgan fingerprint density at radius 2 is 2.25 bits per heavy atom. The molecule has 1 N–H and O–H groups in total. The van der Waals surface area contributed by atoms with Gasteiger partial charge in [0.1, 0.15) is 5.75 Å². The molecule has 1 aromatic heterocycles. The van der Waals surface area contributed by atoms with E-state index < -0.39 is 0 Å². The van der Waals surface area contributed by atoms with Gasteiger partial charge in [-0.05, 0) is 43.5 Å². The Kier molecular flexibility index (Phi) is 3.74. The van der Waals surface area contributed by atoms with E-state index in [1.165, 1.54) is 11.3 Å². The van der Waals surface area contributed by atoms with Gasteiger partial charge < -0.3 is 10.1 Å². The van der Waals surface area contributed by atoms with E-state index >= 15 is 0 Å². The summed E-state index contributed by atoms with van der Waals surface area (Å²) in [6.45, 7) is 0.809. The molecule has 4 heteroatoms. The third-order valence-electron chi connectivity index (χ3n) is 4.17. The zero-order chi connectivity index (χ0) is 13.9. The van der Waals surface area contributed by atoms with Gasteiger partial charge in [0.2, 0.25) is 0 Å². The summed E-state index contributed by atoms with van der Waals surface area (Å²) in [4.78, 5) is 0. The van der Waals surface area contributed by atoms with Crippen LogP contribution < -0.4 is 10.1 Å². The number of nitrogens with zero attached hydrogens (tertiary/aromatic N) is 2. The van der Waals surface area contributed by atoms with Crippen LogP contribution in [0, 0.1) is 0 Å². The molecule has 2 atom stereocenters. The molecule has 1 aliphatic rings. The molecule has 0 amide bonds. The number of hydrogen-bond donors (Lipinski definition) is 1. The summed E-state index contributed by atoms with van der Waals surface area (Å²) in [6, 6.07) is 10.8. The number of hydrogen-bond acceptors (Lipinski definition) is 3. The molecule has 0 radical (unpaired) electrons. The topological polar surface area (TPSA) is 39.1 Å². The Balaban J connectivity index is 1.82. The van der Waals surface area contributed by atoms with Crippen LogP contribution in [0.25, 0.3) is 0 Å². The van der Waals surface area contributed by atoms with Crippen LogP contribution in [0.4, 0.5) is 0 Å². The fourth-order valence-corrected chi connectivity index (χ4v) is 3.06. The number of ether oxygens (including phenoxy) is 1. The van der Waals surface area contributed by atoms with Crippen LogP contribution in [0.1, 0.15) is 36.1 Å². The first-order chi connectivity index (χ1) is 9.79. The minimum atomic E-state index is 0.318. The van der Waals surface area contributed by atoms with Crippen molar-refractivity contribution in [2.24, 2.45) is 7.05 Å². The molecule has 0 fully saturated rings. The highest BCUT2D eigenvalue weighted by Gasteiger charge is 2.25. The van der Waals surface area contributed by atoms with Crippen LogP contribution in [0.15, 0.2) is 36.5 Å². The molecule has 0 saturated carbocycles. The van der Waals surface area contributed by atoms with Gasteiger partial charge in [-0.2, -0.15) is 5.10 Å². The summed E-state index contributed by atoms with van der Waals surface area (Å²) in [5.41, 5.74) is 2.57. The maximum Gasteiger partial charge on any atom is 0.122 e. The second kappa shape index (κ2) is 5.67. The maximum atomic E-state index is 5.75. The van der Waals surface area contributed by atoms with Gasteiger partial charge in [0.05, 0.1) is 12.3 Å². The second-order valence-corrected chi connectivity index (χ2v) is 5.33. The van der Waals surface area contributed by atoms with E-state index in [1.807, 2.05) is 31.0 Å². The van der Waals surface area contributed by atoms with E-state index in [0.29, 0.717) is 12.0 Å². The molecule has 0 aliphatic carbocycles. The van der Waals surface area contributed by atoms with Gasteiger partial charge in [-0.3, -0.25) is 4.68 Å². The number of aryl methyl sites for hydroxylation is 1. The lowest BCUT2D eigenvalue weighted by atomic mass is 9.86. The predicted molar refractivity (Wildman–Crippen MR) is 78.9 cm³/mol. The summed E-state index contributed by atoms with van der Waals surface area (Å²) < 4.78 is 7.70. The molecule has 0 spiro atoms. The Morgan fingerprint density at radius 3 is 3.00 bits per heavy atom. The molecule has 2 heterocycles. The van der Waals surface area contributed by atoms with Gasteiger partial charge in [0.25, 0.3) is 0 Å². The molecular formula is C16H21N3O. The normalized spacial score (nSPS) is 19.2. The molecule has 106 valence electrons. The number of nitrogens with one attached hydrogen (secondary N) is 1. The fraction of sp³-hybridized carbons (Fsp3) is 0.438. The summed E-state index contributed by atoms with van der Waals surface area (Å²) in [6.07, 6.45) is 4.00. The van der Waals surface area contributed by atoms with E-state index in [-0.39, 0.29) is 0 Å². The fourth-order valence-electron chi connectivity index (χ4n) is 3.06. The van der Waals surface area contributed by atoms with E-state index in [0.717, 1.165) is 25.2 Å². The van der Waals surface area contributed by atoms with Gasteiger partial charge in [0.15, 0.2) is 0 Å². The molecule has 0 saturated heterocycles. The third-order valence-corrected chi connectivity index (χ3v) is 4.17. The summed E-state index contributed by atoms with van der Waals surface area (Å²) in [5, 5.41) is 7.70. The number of fused-ring (bicyclic) bond motifs is 1. The van der Waals surface area contributed by atoms with E-state index in [1.54, 1.807) is 0 Å². The molecule has 1 aliphatic heterocycles. The van der Waals surface area contributed by atoms with Crippen LogP contribution >= 0.6 is 0 Å². The Morgan fingerprint density at radius 1 is 1.40 bits per heavy atom. The van der Waals surface area contributed by atoms with Crippen LogP contribution in [0.2, 0.25) is 0 Å². The van der Waals surface area contributed by atoms with Crippen LogP contribution in [0.3, 0.4) is 0 Å². The van der Waals surface area contributed by atoms with Gasteiger partial charge in [-0.15, -0.1) is 0 Å². The van der Waals surface area contributed by atoms with Crippen molar-refractivity contribution in [1.82, 2.24) is 15.1 Å². The van der Waals surface area contributed by atoms with E-state index in [9.17, 15) is 0 Å². The van der Waals surface area contributed by atoms with Crippen molar-refractivity contribution in [3.8, 4) is 5.75 Å². The highest BCUT2D eigenvalue weighted by molar-refractivity contribution is 5.38. The standard InChI is InChI=1S/C16H21N3O/c1-17-14(15-7-9-18-19(15)2)11-12-8-10-20-16-6-4-3-5-13(12)16/h3-7,9,12,14,17H,8,10-11H2,1-2H3. The Labute approximate surface area is 119 Å². The largest absolute Gasteiger partial charge is 0.493 e. The second-order valence-electron chi connectivity index (χ2n) is 5.33. The first kappa shape index (κ1) is 13.2. The monoisotopic (exact) mass is 271 g/mol. The minimum absolute atomic E-state index is 0.318. The zero-order valence-corrected chi connectivity index (χ0v) is 12.0. The van der Waals surface area contributed by atoms with Crippen molar-refractivity contribution in [3.05, 3.63) is 47.8 Å².